The number of rotatable bonds is 2. The predicted octanol–water partition coefficient (Wildman–Crippen LogP) is 1.33. The molecular weight excluding hydrogens is 403 g/mol. The Morgan fingerprint density at radius 2 is 1.65 bits per heavy atom. The molecule has 0 unspecified atom stereocenters. The number of hydrogen-bond donors (Lipinski definition) is 5. The molecule has 0 atom stereocenters. The quantitative estimate of drug-likeness (QED) is 0.446. The fourth-order valence-corrected chi connectivity index (χ4v) is 4.36. The minimum Gasteiger partial charge on any atom is -0.313 e. The van der Waals surface area contributed by atoms with Gasteiger partial charge in [0.25, 0.3) is 0 Å². The molecule has 1 aromatic carbocycles. The predicted molar refractivity (Wildman–Crippen MR) is 98.6 cm³/mol. The van der Waals surface area contributed by atoms with Crippen LogP contribution in [0.2, 0.25) is 0 Å². The van der Waals surface area contributed by atoms with Crippen molar-refractivity contribution in [1.29, 1.82) is 0 Å². The molecule has 0 bridgehead atoms. The maximum absolute atomic E-state index is 10.9. The number of phenols is 1. The Kier molecular flexibility index (Phi) is 7.12. The number of nitrogens with one attached hydrogen (secondary N) is 1. The molecular formula is C17H29AsN2O6. The summed E-state index contributed by atoms with van der Waals surface area (Å²) >= 11 is -5.09. The van der Waals surface area contributed by atoms with Crippen LogP contribution in [0.25, 0.3) is 0 Å². The molecule has 1 fully saturated rings. The van der Waals surface area contributed by atoms with E-state index in [2.05, 4.69) is 33.0 Å². The topological polar surface area (TPSA) is 130 Å². The molecule has 0 spiro atoms. The van der Waals surface area contributed by atoms with Crippen molar-refractivity contribution in [3.8, 4) is 5.75 Å². The fourth-order valence-electron chi connectivity index (χ4n) is 3.04. The number of carbonyl (C=O) groups is 1. The minimum atomic E-state index is -5.09. The number of aromatic hydroxyl groups is 1. The molecule has 1 amide bonds. The monoisotopic (exact) mass is 432 g/mol. The van der Waals surface area contributed by atoms with Crippen molar-refractivity contribution >= 4 is 30.1 Å². The Morgan fingerprint density at radius 1 is 1.15 bits per heavy atom. The first-order valence-corrected chi connectivity index (χ1v) is 11.7. The van der Waals surface area contributed by atoms with Crippen molar-refractivity contribution < 1.29 is 27.0 Å². The molecule has 0 radical (unpaired) electrons. The average Bonchev–Trinajstić information content (AvgIpc) is 2.43. The van der Waals surface area contributed by atoms with E-state index in [0.29, 0.717) is 0 Å². The second kappa shape index (κ2) is 8.15. The Labute approximate surface area is 156 Å². The molecule has 0 aromatic heterocycles. The van der Waals surface area contributed by atoms with Crippen LogP contribution in [0.4, 0.5) is 5.69 Å². The van der Waals surface area contributed by atoms with Crippen LogP contribution < -0.4 is 9.67 Å². The van der Waals surface area contributed by atoms with Gasteiger partial charge in [-0.2, -0.15) is 5.06 Å². The van der Waals surface area contributed by atoms with Gasteiger partial charge in [0.05, 0.1) is 0 Å². The van der Waals surface area contributed by atoms with Crippen LogP contribution in [0.3, 0.4) is 0 Å². The third-order valence-corrected chi connectivity index (χ3v) is 6.44. The summed E-state index contributed by atoms with van der Waals surface area (Å²) < 4.78 is 28.2. The molecule has 1 aliphatic heterocycles. The second-order valence-electron chi connectivity index (χ2n) is 7.72. The summed E-state index contributed by atoms with van der Waals surface area (Å²) in [6.07, 6.45) is 3.40. The van der Waals surface area contributed by atoms with Crippen molar-refractivity contribution in [3.63, 3.8) is 0 Å². The van der Waals surface area contributed by atoms with Crippen molar-refractivity contribution in [2.75, 3.05) is 5.32 Å². The van der Waals surface area contributed by atoms with Crippen LogP contribution in [-0.4, -0.2) is 54.7 Å². The van der Waals surface area contributed by atoms with Gasteiger partial charge in [-0.3, -0.25) is 0 Å². The SMILES string of the molecule is CC(=O)Nc1ccc([As](=O)(O)O)c(O)c1.CC1(C)CCCC(C)(C)N1O. The summed E-state index contributed by atoms with van der Waals surface area (Å²) in [7, 11) is 0. The van der Waals surface area contributed by atoms with Crippen LogP contribution in [0.5, 0.6) is 5.75 Å². The number of hydrogen-bond acceptors (Lipinski definition) is 5. The van der Waals surface area contributed by atoms with Gasteiger partial charge in [0.2, 0.25) is 0 Å². The molecule has 1 heterocycles. The number of hydroxylamine groups is 2. The zero-order valence-electron chi connectivity index (χ0n) is 15.9. The van der Waals surface area contributed by atoms with Gasteiger partial charge in [-0.1, -0.05) is 0 Å². The van der Waals surface area contributed by atoms with Crippen LogP contribution in [-0.2, 0) is 8.53 Å². The van der Waals surface area contributed by atoms with E-state index in [4.69, 9.17) is 8.19 Å². The Hall–Kier alpha value is -1.31. The molecule has 1 aliphatic rings. The second-order valence-corrected chi connectivity index (χ2v) is 11.0. The number of carbonyl (C=O) groups excluding carboxylic acids is 1. The summed E-state index contributed by atoms with van der Waals surface area (Å²) in [5.74, 6) is -0.850. The third kappa shape index (κ3) is 6.14. The molecule has 0 aliphatic carbocycles. The molecule has 5 N–H and O–H groups in total. The Morgan fingerprint density at radius 3 is 2.00 bits per heavy atom. The number of piperidine rings is 1. The van der Waals surface area contributed by atoms with Crippen LogP contribution >= 0.6 is 0 Å². The van der Waals surface area contributed by atoms with Crippen molar-refractivity contribution in [1.82, 2.24) is 5.06 Å². The average molecular weight is 432 g/mol. The molecule has 148 valence electrons. The molecule has 1 saturated heterocycles. The largest absolute Gasteiger partial charge is 0.313 e. The van der Waals surface area contributed by atoms with E-state index in [1.807, 2.05) is 0 Å². The third-order valence-electron chi connectivity index (χ3n) is 4.33. The molecule has 1 aromatic rings. The number of phenolic OH excluding ortho intramolecular Hbond substituents is 1. The van der Waals surface area contributed by atoms with E-state index in [-0.39, 0.29) is 22.7 Å². The molecule has 2 rings (SSSR count). The van der Waals surface area contributed by atoms with Gasteiger partial charge in [-0.05, 0) is 47.0 Å². The maximum Gasteiger partial charge on any atom is 0.0410 e. The van der Waals surface area contributed by atoms with Crippen molar-refractivity contribution in [2.45, 2.75) is 65.0 Å². The molecule has 0 saturated carbocycles. The van der Waals surface area contributed by atoms with Crippen LogP contribution in [0, 0.1) is 0 Å². The zero-order chi connectivity index (χ0) is 20.3. The van der Waals surface area contributed by atoms with Gasteiger partial charge in [0, 0.05) is 11.1 Å². The molecule has 8 nitrogen and oxygen atoms in total. The van der Waals surface area contributed by atoms with E-state index < -0.39 is 24.3 Å². The first-order chi connectivity index (χ1) is 11.7. The van der Waals surface area contributed by atoms with Gasteiger partial charge < -0.3 is 5.21 Å². The Balaban J connectivity index is 0.000000273. The zero-order valence-corrected chi connectivity index (χ0v) is 17.7. The standard InChI is InChI=1S/C9H19NO.C8H10AsNO5/c1-8(2)6-5-7-9(3,4)10(8)11;1-5(11)10-6-2-3-7(8(12)4-6)9(13,14)15/h11H,5-7H2,1-4H3;2-4,12H,1H3,(H,10,11)(H2,13,14,15). The van der Waals surface area contributed by atoms with Gasteiger partial charge in [-0.15, -0.1) is 0 Å². The first kappa shape index (κ1) is 22.7. The summed E-state index contributed by atoms with van der Waals surface area (Å²) in [6.45, 7) is 9.65. The summed E-state index contributed by atoms with van der Waals surface area (Å²) in [4.78, 5) is 10.7. The van der Waals surface area contributed by atoms with Gasteiger partial charge in [0.15, 0.2) is 0 Å². The number of anilines is 1. The van der Waals surface area contributed by atoms with Crippen LogP contribution in [0.15, 0.2) is 18.2 Å². The normalized spacial score (nSPS) is 19.2. The van der Waals surface area contributed by atoms with E-state index in [0.717, 1.165) is 25.0 Å². The smallest absolute Gasteiger partial charge is 0.0410 e. The molecule has 26 heavy (non-hydrogen) atoms. The van der Waals surface area contributed by atoms with Gasteiger partial charge >= 0.3 is 88.1 Å². The Bertz CT molecular complexity index is 682. The molecule has 9 heteroatoms. The number of nitrogens with zero attached hydrogens (tertiary/aromatic N) is 1. The first-order valence-electron chi connectivity index (χ1n) is 8.33. The number of benzene rings is 1. The minimum absolute atomic E-state index is 0.0399. The van der Waals surface area contributed by atoms with Crippen LogP contribution in [0.1, 0.15) is 53.9 Å². The van der Waals surface area contributed by atoms with Crippen molar-refractivity contribution in [3.05, 3.63) is 18.2 Å². The maximum atomic E-state index is 10.9. The fraction of sp³-hybridized carbons (Fsp3) is 0.588. The number of amides is 1. The van der Waals surface area contributed by atoms with E-state index in [1.54, 1.807) is 0 Å². The van der Waals surface area contributed by atoms with Crippen molar-refractivity contribution in [2.24, 2.45) is 0 Å². The summed E-state index contributed by atoms with van der Waals surface area (Å²) in [5.41, 5.74) is 0.205. The van der Waals surface area contributed by atoms with E-state index in [1.165, 1.54) is 24.5 Å². The van der Waals surface area contributed by atoms with Gasteiger partial charge in [0.1, 0.15) is 0 Å². The van der Waals surface area contributed by atoms with E-state index in [9.17, 15) is 18.8 Å². The van der Waals surface area contributed by atoms with E-state index >= 15 is 0 Å². The van der Waals surface area contributed by atoms with Gasteiger partial charge in [-0.25, -0.2) is 0 Å². The summed E-state index contributed by atoms with van der Waals surface area (Å²) in [5, 5.41) is 23.0. The summed E-state index contributed by atoms with van der Waals surface area (Å²) in [6, 6.07) is 3.51.